The fourth-order valence-corrected chi connectivity index (χ4v) is 2.89. The summed E-state index contributed by atoms with van der Waals surface area (Å²) in [6.45, 7) is 1.99. The summed E-state index contributed by atoms with van der Waals surface area (Å²) in [4.78, 5) is 12.3. The molecule has 0 aliphatic rings. The molecule has 5 heteroatoms. The zero-order valence-corrected chi connectivity index (χ0v) is 14.8. The predicted molar refractivity (Wildman–Crippen MR) is 108 cm³/mol. The number of fused-ring (bicyclic) bond motifs is 1. The second kappa shape index (κ2) is 7.25. The number of carbonyl (C=O) groups excluding carboxylic acids is 1. The summed E-state index contributed by atoms with van der Waals surface area (Å²) in [6.07, 6.45) is 1.63. The predicted octanol–water partition coefficient (Wildman–Crippen LogP) is 4.30. The van der Waals surface area contributed by atoms with Gasteiger partial charge >= 0.3 is 0 Å². The molecular formula is C22H18N4O. The molecule has 0 aliphatic carbocycles. The summed E-state index contributed by atoms with van der Waals surface area (Å²) >= 11 is 0. The van der Waals surface area contributed by atoms with Crippen molar-refractivity contribution in [2.45, 2.75) is 6.92 Å². The lowest BCUT2D eigenvalue weighted by Gasteiger charge is -2.00. The fourth-order valence-electron chi connectivity index (χ4n) is 2.89. The van der Waals surface area contributed by atoms with Crippen molar-refractivity contribution < 1.29 is 4.79 Å². The molecule has 1 aromatic heterocycles. The molecule has 1 heterocycles. The van der Waals surface area contributed by atoms with Crippen LogP contribution in [0.25, 0.3) is 22.0 Å². The van der Waals surface area contributed by atoms with Crippen molar-refractivity contribution in [1.82, 2.24) is 15.6 Å². The van der Waals surface area contributed by atoms with Crippen molar-refractivity contribution in [1.29, 1.82) is 0 Å². The van der Waals surface area contributed by atoms with E-state index < -0.39 is 0 Å². The number of benzene rings is 3. The fraction of sp³-hybridized carbons (Fsp3) is 0.0455. The van der Waals surface area contributed by atoms with E-state index in [1.54, 1.807) is 12.3 Å². The molecule has 0 bridgehead atoms. The van der Waals surface area contributed by atoms with Gasteiger partial charge in [0.2, 0.25) is 0 Å². The van der Waals surface area contributed by atoms with Crippen molar-refractivity contribution in [2.75, 3.05) is 0 Å². The van der Waals surface area contributed by atoms with Crippen molar-refractivity contribution in [3.8, 4) is 11.3 Å². The standard InChI is InChI=1S/C22H18N4O/c1-15-6-2-3-9-19(15)14-23-26-22(27)21-13-20(24-25-21)18-11-10-16-7-4-5-8-17(16)12-18/h2-14H,1H3,(H,24,25)(H,26,27)/b23-14+. The molecule has 0 saturated carbocycles. The highest BCUT2D eigenvalue weighted by Gasteiger charge is 2.10. The van der Waals surface area contributed by atoms with Gasteiger partial charge in [0.1, 0.15) is 5.69 Å². The second-order valence-electron chi connectivity index (χ2n) is 6.28. The Balaban J connectivity index is 1.49. The lowest BCUT2D eigenvalue weighted by Crippen LogP contribution is -2.18. The highest BCUT2D eigenvalue weighted by Crippen LogP contribution is 2.23. The third-order valence-electron chi connectivity index (χ3n) is 4.43. The van der Waals surface area contributed by atoms with E-state index in [2.05, 4.69) is 38.9 Å². The van der Waals surface area contributed by atoms with Crippen LogP contribution in [0.5, 0.6) is 0 Å². The normalized spacial score (nSPS) is 11.1. The second-order valence-corrected chi connectivity index (χ2v) is 6.28. The third kappa shape index (κ3) is 3.62. The Morgan fingerprint density at radius 2 is 1.78 bits per heavy atom. The maximum Gasteiger partial charge on any atom is 0.289 e. The summed E-state index contributed by atoms with van der Waals surface area (Å²) in [5, 5.41) is 13.4. The molecule has 0 aliphatic heterocycles. The van der Waals surface area contributed by atoms with Crippen LogP contribution in [-0.2, 0) is 0 Å². The summed E-state index contributed by atoms with van der Waals surface area (Å²) in [5.74, 6) is -0.334. The number of aromatic nitrogens is 2. The number of carbonyl (C=O) groups is 1. The lowest BCUT2D eigenvalue weighted by molar-refractivity contribution is 0.0950. The number of rotatable bonds is 4. The van der Waals surface area contributed by atoms with Gasteiger partial charge in [-0.25, -0.2) is 5.43 Å². The van der Waals surface area contributed by atoms with Crippen LogP contribution in [0, 0.1) is 6.92 Å². The molecule has 0 atom stereocenters. The summed E-state index contributed by atoms with van der Waals surface area (Å²) < 4.78 is 0. The van der Waals surface area contributed by atoms with Gasteiger partial charge in [-0.15, -0.1) is 0 Å². The molecule has 27 heavy (non-hydrogen) atoms. The van der Waals surface area contributed by atoms with Crippen molar-refractivity contribution in [2.24, 2.45) is 5.10 Å². The highest BCUT2D eigenvalue weighted by molar-refractivity contribution is 5.94. The number of hydrogen-bond donors (Lipinski definition) is 2. The van der Waals surface area contributed by atoms with Gasteiger partial charge in [-0.2, -0.15) is 10.2 Å². The van der Waals surface area contributed by atoms with Crippen molar-refractivity contribution in [3.05, 3.63) is 89.6 Å². The first kappa shape index (κ1) is 16.7. The maximum atomic E-state index is 12.3. The number of nitrogens with one attached hydrogen (secondary N) is 2. The van der Waals surface area contributed by atoms with Gasteiger partial charge in [-0.05, 0) is 41.0 Å². The first-order valence-corrected chi connectivity index (χ1v) is 8.64. The van der Waals surface area contributed by atoms with Crippen LogP contribution in [-0.4, -0.2) is 22.3 Å². The molecule has 3 aromatic carbocycles. The molecule has 4 aromatic rings. The van der Waals surface area contributed by atoms with E-state index in [0.717, 1.165) is 22.1 Å². The van der Waals surface area contributed by atoms with Crippen molar-refractivity contribution in [3.63, 3.8) is 0 Å². The molecule has 0 fully saturated rings. The van der Waals surface area contributed by atoms with E-state index in [0.29, 0.717) is 11.4 Å². The molecule has 0 radical (unpaired) electrons. The number of hydrogen-bond acceptors (Lipinski definition) is 3. The SMILES string of the molecule is Cc1ccccc1/C=N/NC(=O)c1cc(-c2ccc3ccccc3c2)n[nH]1. The molecule has 0 saturated heterocycles. The van der Waals surface area contributed by atoms with Gasteiger partial charge in [0, 0.05) is 5.56 Å². The molecule has 132 valence electrons. The van der Waals surface area contributed by atoms with Crippen LogP contribution >= 0.6 is 0 Å². The first-order chi connectivity index (χ1) is 13.2. The smallest absolute Gasteiger partial charge is 0.272 e. The lowest BCUT2D eigenvalue weighted by atomic mass is 10.1. The molecule has 0 unspecified atom stereocenters. The zero-order valence-electron chi connectivity index (χ0n) is 14.8. The topological polar surface area (TPSA) is 70.1 Å². The van der Waals surface area contributed by atoms with Crippen molar-refractivity contribution >= 4 is 22.9 Å². The van der Waals surface area contributed by atoms with Crippen LogP contribution in [0.4, 0.5) is 0 Å². The highest BCUT2D eigenvalue weighted by atomic mass is 16.2. The number of H-pyrrole nitrogens is 1. The minimum absolute atomic E-state index is 0.334. The molecule has 5 nitrogen and oxygen atoms in total. The maximum absolute atomic E-state index is 12.3. The molecular weight excluding hydrogens is 336 g/mol. The number of hydrazone groups is 1. The van der Waals surface area contributed by atoms with E-state index in [-0.39, 0.29) is 5.91 Å². The summed E-state index contributed by atoms with van der Waals surface area (Å²) in [5.41, 5.74) is 6.61. The Morgan fingerprint density at radius 1 is 1.00 bits per heavy atom. The largest absolute Gasteiger partial charge is 0.289 e. The van der Waals surface area contributed by atoms with Crippen LogP contribution in [0.1, 0.15) is 21.6 Å². The van der Waals surface area contributed by atoms with Gasteiger partial charge in [0.25, 0.3) is 5.91 Å². The minimum Gasteiger partial charge on any atom is -0.272 e. The van der Waals surface area contributed by atoms with E-state index in [1.807, 2.05) is 55.5 Å². The molecule has 0 spiro atoms. The molecule has 2 N–H and O–H groups in total. The van der Waals surface area contributed by atoms with Gasteiger partial charge in [-0.1, -0.05) is 60.7 Å². The molecule has 4 rings (SSSR count). The monoisotopic (exact) mass is 354 g/mol. The number of nitrogens with zero attached hydrogens (tertiary/aromatic N) is 2. The number of aryl methyl sites for hydroxylation is 1. The average Bonchev–Trinajstić information content (AvgIpc) is 3.19. The van der Waals surface area contributed by atoms with Crippen LogP contribution in [0.15, 0.2) is 77.9 Å². The molecule has 1 amide bonds. The van der Waals surface area contributed by atoms with Crippen LogP contribution in [0.2, 0.25) is 0 Å². The Labute approximate surface area is 156 Å². The zero-order chi connectivity index (χ0) is 18.6. The minimum atomic E-state index is -0.334. The Hall–Kier alpha value is -3.73. The number of aromatic amines is 1. The van der Waals surface area contributed by atoms with E-state index in [9.17, 15) is 4.79 Å². The third-order valence-corrected chi connectivity index (χ3v) is 4.43. The van der Waals surface area contributed by atoms with E-state index in [4.69, 9.17) is 0 Å². The van der Waals surface area contributed by atoms with E-state index >= 15 is 0 Å². The Bertz CT molecular complexity index is 1140. The van der Waals surface area contributed by atoms with E-state index in [1.165, 1.54) is 5.39 Å². The average molecular weight is 354 g/mol. The van der Waals surface area contributed by atoms with Gasteiger partial charge in [-0.3, -0.25) is 9.89 Å². The van der Waals surface area contributed by atoms with Gasteiger partial charge in [0.15, 0.2) is 0 Å². The van der Waals surface area contributed by atoms with Gasteiger partial charge in [0.05, 0.1) is 11.9 Å². The number of amides is 1. The quantitative estimate of drug-likeness (QED) is 0.424. The van der Waals surface area contributed by atoms with Crippen LogP contribution in [0.3, 0.4) is 0 Å². The Morgan fingerprint density at radius 3 is 2.63 bits per heavy atom. The summed E-state index contributed by atoms with van der Waals surface area (Å²) in [6, 6.07) is 23.8. The summed E-state index contributed by atoms with van der Waals surface area (Å²) in [7, 11) is 0. The first-order valence-electron chi connectivity index (χ1n) is 8.64. The Kier molecular flexibility index (Phi) is 4.49. The van der Waals surface area contributed by atoms with Crippen LogP contribution < -0.4 is 5.43 Å². The van der Waals surface area contributed by atoms with Gasteiger partial charge < -0.3 is 0 Å².